The number of aliphatic carboxylic acids is 1. The largest absolute Gasteiger partial charge is 0.489 e. The van der Waals surface area contributed by atoms with Gasteiger partial charge in [-0.15, -0.1) is 12.4 Å². The number of nitrogens with two attached hydrogens (primary N) is 1. The first kappa shape index (κ1) is 27.5. The number of nitrogens with zero attached hydrogens (tertiary/aromatic N) is 1. The number of imide groups is 1. The molecule has 2 atom stereocenters. The van der Waals surface area contributed by atoms with Gasteiger partial charge in [0.05, 0.1) is 12.5 Å². The van der Waals surface area contributed by atoms with Gasteiger partial charge >= 0.3 is 12.0 Å². The van der Waals surface area contributed by atoms with Gasteiger partial charge in [0, 0.05) is 25.5 Å². The Morgan fingerprint density at radius 2 is 1.78 bits per heavy atom. The molecule has 0 saturated carbocycles. The van der Waals surface area contributed by atoms with Crippen LogP contribution >= 0.6 is 12.4 Å². The number of likely N-dealkylation sites (tertiary alicyclic amines) is 1. The molecule has 0 aromatic heterocycles. The molecule has 0 aliphatic carbocycles. The van der Waals surface area contributed by atoms with Crippen molar-refractivity contribution in [1.82, 2.24) is 10.2 Å². The summed E-state index contributed by atoms with van der Waals surface area (Å²) in [4.78, 5) is 36.7. The number of carboxylic acid groups (broad SMARTS) is 1. The van der Waals surface area contributed by atoms with Crippen LogP contribution in [0.25, 0.3) is 10.8 Å². The molecule has 4 rings (SSSR count). The van der Waals surface area contributed by atoms with Crippen molar-refractivity contribution in [3.05, 3.63) is 77.4 Å². The van der Waals surface area contributed by atoms with Crippen LogP contribution in [0, 0.1) is 5.41 Å². The van der Waals surface area contributed by atoms with Crippen LogP contribution in [-0.2, 0) is 16.0 Å². The number of carbonyl (C=O) groups excluding carboxylic acids is 2. The Hall–Kier alpha value is -4.11. The minimum Gasteiger partial charge on any atom is -0.489 e. The molecule has 2 unspecified atom stereocenters. The minimum atomic E-state index is -0.918. The molecule has 9 nitrogen and oxygen atoms in total. The average Bonchev–Trinajstić information content (AvgIpc) is 3.31. The lowest BCUT2D eigenvalue weighted by molar-refractivity contribution is -0.138. The summed E-state index contributed by atoms with van der Waals surface area (Å²) >= 11 is 0. The van der Waals surface area contributed by atoms with Gasteiger partial charge in [-0.1, -0.05) is 42.5 Å². The minimum absolute atomic E-state index is 0. The Balaban J connectivity index is 0.00000380. The van der Waals surface area contributed by atoms with E-state index in [0.717, 1.165) is 16.3 Å². The highest BCUT2D eigenvalue weighted by molar-refractivity contribution is 5.99. The molecule has 5 N–H and O–H groups in total. The molecule has 10 heteroatoms. The highest BCUT2D eigenvalue weighted by Gasteiger charge is 2.28. The van der Waals surface area contributed by atoms with Crippen LogP contribution in [0.15, 0.2) is 60.7 Å². The topological polar surface area (TPSA) is 146 Å². The summed E-state index contributed by atoms with van der Waals surface area (Å²) in [5, 5.41) is 21.6. The van der Waals surface area contributed by atoms with E-state index < -0.39 is 23.8 Å². The highest BCUT2D eigenvalue weighted by atomic mass is 35.5. The monoisotopic (exact) mass is 524 g/mol. The van der Waals surface area contributed by atoms with E-state index in [1.165, 1.54) is 11.8 Å². The number of fused-ring (bicyclic) bond motifs is 1. The van der Waals surface area contributed by atoms with Crippen LogP contribution in [0.4, 0.5) is 4.79 Å². The fourth-order valence-corrected chi connectivity index (χ4v) is 4.38. The Bertz CT molecular complexity index is 1330. The number of urea groups is 1. The molecule has 194 valence electrons. The number of amides is 3. The second-order valence-corrected chi connectivity index (χ2v) is 8.93. The van der Waals surface area contributed by atoms with E-state index in [1.807, 2.05) is 30.3 Å². The summed E-state index contributed by atoms with van der Waals surface area (Å²) in [5.74, 6) is -1.46. The maximum absolute atomic E-state index is 12.1. The van der Waals surface area contributed by atoms with Crippen molar-refractivity contribution in [2.75, 3.05) is 13.1 Å². The predicted octanol–water partition coefficient (Wildman–Crippen LogP) is 3.67. The van der Waals surface area contributed by atoms with Crippen molar-refractivity contribution in [2.45, 2.75) is 31.8 Å². The Labute approximate surface area is 220 Å². The second-order valence-electron chi connectivity index (χ2n) is 8.93. The van der Waals surface area contributed by atoms with Crippen LogP contribution in [0.1, 0.15) is 36.0 Å². The van der Waals surface area contributed by atoms with Gasteiger partial charge in [-0.2, -0.15) is 0 Å². The number of ether oxygens (including phenoxy) is 1. The molecule has 0 spiro atoms. The second kappa shape index (κ2) is 11.7. The number of amidine groups is 1. The molecule has 1 aliphatic rings. The number of nitrogens with one attached hydrogen (secondary N) is 2. The van der Waals surface area contributed by atoms with Gasteiger partial charge in [-0.3, -0.25) is 20.3 Å². The summed E-state index contributed by atoms with van der Waals surface area (Å²) in [6, 6.07) is 17.8. The van der Waals surface area contributed by atoms with Gasteiger partial charge in [0.2, 0.25) is 5.91 Å². The molecule has 1 heterocycles. The molecule has 3 aromatic rings. The van der Waals surface area contributed by atoms with E-state index in [0.29, 0.717) is 42.8 Å². The number of carbonyl (C=O) groups is 3. The zero-order valence-corrected chi connectivity index (χ0v) is 21.1. The maximum Gasteiger partial charge on any atom is 0.324 e. The number of carboxylic acids is 1. The van der Waals surface area contributed by atoms with Crippen molar-refractivity contribution >= 4 is 46.9 Å². The van der Waals surface area contributed by atoms with Crippen LogP contribution in [-0.4, -0.2) is 52.9 Å². The van der Waals surface area contributed by atoms with Gasteiger partial charge in [0.15, 0.2) is 0 Å². The van der Waals surface area contributed by atoms with Gasteiger partial charge in [0.1, 0.15) is 17.7 Å². The molecule has 1 saturated heterocycles. The van der Waals surface area contributed by atoms with Crippen LogP contribution in [0.3, 0.4) is 0 Å². The average molecular weight is 525 g/mol. The first-order chi connectivity index (χ1) is 17.2. The molecule has 0 radical (unpaired) electrons. The zero-order chi connectivity index (χ0) is 25.8. The summed E-state index contributed by atoms with van der Waals surface area (Å²) in [6.45, 7) is 2.15. The van der Waals surface area contributed by atoms with Crippen LogP contribution in [0.5, 0.6) is 5.75 Å². The third-order valence-electron chi connectivity index (χ3n) is 6.25. The van der Waals surface area contributed by atoms with E-state index in [2.05, 4.69) is 5.32 Å². The predicted molar refractivity (Wildman–Crippen MR) is 143 cm³/mol. The SMILES string of the molecule is CC(=O)NC(=O)N1CCC(Oc2ccc(C(Cc3ccc4cc(C(=N)N)ccc4c3)C(=O)O)cc2)C1.Cl. The molecular formula is C27H29ClN4O5. The zero-order valence-electron chi connectivity index (χ0n) is 20.3. The van der Waals surface area contributed by atoms with Crippen molar-refractivity contribution in [2.24, 2.45) is 5.73 Å². The Morgan fingerprint density at radius 3 is 2.43 bits per heavy atom. The summed E-state index contributed by atoms with van der Waals surface area (Å²) in [7, 11) is 0. The van der Waals surface area contributed by atoms with Gasteiger partial charge < -0.3 is 20.5 Å². The van der Waals surface area contributed by atoms with Crippen molar-refractivity contribution in [3.63, 3.8) is 0 Å². The molecule has 37 heavy (non-hydrogen) atoms. The molecule has 3 aromatic carbocycles. The van der Waals surface area contributed by atoms with E-state index in [1.54, 1.807) is 30.3 Å². The van der Waals surface area contributed by atoms with Gasteiger partial charge in [-0.05, 0) is 46.5 Å². The van der Waals surface area contributed by atoms with E-state index in [4.69, 9.17) is 15.9 Å². The normalized spacial score (nSPS) is 15.5. The van der Waals surface area contributed by atoms with E-state index in [9.17, 15) is 19.5 Å². The van der Waals surface area contributed by atoms with Gasteiger partial charge in [-0.25, -0.2) is 4.79 Å². The summed E-state index contributed by atoms with van der Waals surface area (Å²) < 4.78 is 5.97. The quantitative estimate of drug-likeness (QED) is 0.274. The third kappa shape index (κ3) is 6.77. The lowest BCUT2D eigenvalue weighted by Gasteiger charge is -2.18. The highest BCUT2D eigenvalue weighted by Crippen LogP contribution is 2.27. The third-order valence-corrected chi connectivity index (χ3v) is 6.25. The molecule has 1 aliphatic heterocycles. The first-order valence-corrected chi connectivity index (χ1v) is 11.6. The fourth-order valence-electron chi connectivity index (χ4n) is 4.38. The number of nitrogen functional groups attached to an aromatic ring is 1. The number of hydrogen-bond donors (Lipinski definition) is 4. The van der Waals surface area contributed by atoms with Crippen LogP contribution in [0.2, 0.25) is 0 Å². The summed E-state index contributed by atoms with van der Waals surface area (Å²) in [6.07, 6.45) is 0.758. The molecule has 3 amide bonds. The van der Waals surface area contributed by atoms with Crippen molar-refractivity contribution in [1.29, 1.82) is 5.41 Å². The number of hydrogen-bond acceptors (Lipinski definition) is 5. The Morgan fingerprint density at radius 1 is 1.11 bits per heavy atom. The standard InChI is InChI=1S/C27H28N4O5.ClH/c1-16(32)30-27(35)31-11-10-23(15-31)36-22-8-6-18(7-9-22)24(26(33)34)13-17-2-3-20-14-21(25(28)29)5-4-19(20)12-17;/h2-9,12,14,23-24H,10-11,13,15H2,1H3,(H3,28,29)(H,33,34)(H,30,32,35);1H. The summed E-state index contributed by atoms with van der Waals surface area (Å²) in [5.41, 5.74) is 7.76. The number of benzene rings is 3. The molecular weight excluding hydrogens is 496 g/mol. The van der Waals surface area contributed by atoms with Crippen molar-refractivity contribution in [3.8, 4) is 5.75 Å². The number of halogens is 1. The fraction of sp³-hybridized carbons (Fsp3) is 0.259. The van der Waals surface area contributed by atoms with E-state index >= 15 is 0 Å². The van der Waals surface area contributed by atoms with Crippen LogP contribution < -0.4 is 15.8 Å². The Kier molecular flexibility index (Phi) is 8.73. The molecule has 1 fully saturated rings. The first-order valence-electron chi connectivity index (χ1n) is 11.6. The van der Waals surface area contributed by atoms with Gasteiger partial charge in [0.25, 0.3) is 0 Å². The van der Waals surface area contributed by atoms with Crippen molar-refractivity contribution < 1.29 is 24.2 Å². The molecule has 0 bridgehead atoms. The maximum atomic E-state index is 12.1. The smallest absolute Gasteiger partial charge is 0.324 e. The lowest BCUT2D eigenvalue weighted by atomic mass is 9.91. The van der Waals surface area contributed by atoms with E-state index in [-0.39, 0.29) is 24.3 Å². The number of rotatable bonds is 7. The lowest BCUT2D eigenvalue weighted by Crippen LogP contribution is -2.41.